The van der Waals surface area contributed by atoms with E-state index in [-0.39, 0.29) is 12.0 Å². The van der Waals surface area contributed by atoms with Crippen LogP contribution in [0.4, 0.5) is 0 Å². The highest BCUT2D eigenvalue weighted by atomic mass is 32.2. The summed E-state index contributed by atoms with van der Waals surface area (Å²) in [5.41, 5.74) is 2.24. The van der Waals surface area contributed by atoms with Gasteiger partial charge < -0.3 is 15.2 Å². The molecule has 1 saturated heterocycles. The summed E-state index contributed by atoms with van der Waals surface area (Å²) in [6.45, 7) is 2.55. The van der Waals surface area contributed by atoms with Crippen LogP contribution in [0, 0.1) is 12.8 Å². The molecule has 0 radical (unpaired) electrons. The minimum absolute atomic E-state index is 0.0954. The monoisotopic (exact) mass is 281 g/mol. The van der Waals surface area contributed by atoms with E-state index in [2.05, 4.69) is 11.4 Å². The van der Waals surface area contributed by atoms with Crippen LogP contribution in [0.2, 0.25) is 0 Å². The normalized spacial score (nSPS) is 22.5. The highest BCUT2D eigenvalue weighted by Crippen LogP contribution is 2.37. The molecule has 2 atom stereocenters. The number of aryl methyl sites for hydroxylation is 1. The summed E-state index contributed by atoms with van der Waals surface area (Å²) in [7, 11) is 1.66. The summed E-state index contributed by atoms with van der Waals surface area (Å²) in [6.07, 6.45) is 2.67. The number of rotatable bonds is 4. The number of aliphatic carboxylic acids is 1. The van der Waals surface area contributed by atoms with Gasteiger partial charge in [-0.3, -0.25) is 4.79 Å². The molecule has 0 saturated carbocycles. The van der Waals surface area contributed by atoms with Crippen LogP contribution in [0.15, 0.2) is 17.0 Å². The first-order valence-corrected chi connectivity index (χ1v) is 7.48. The van der Waals surface area contributed by atoms with Crippen LogP contribution in [0.25, 0.3) is 0 Å². The third-order valence-corrected chi connectivity index (χ3v) is 4.40. The quantitative estimate of drug-likeness (QED) is 0.830. The minimum atomic E-state index is -0.722. The molecule has 104 valence electrons. The first kappa shape index (κ1) is 14.2. The molecule has 1 fully saturated rings. The molecule has 19 heavy (non-hydrogen) atoms. The molecule has 1 aliphatic rings. The van der Waals surface area contributed by atoms with Gasteiger partial charge in [-0.1, -0.05) is 0 Å². The van der Waals surface area contributed by atoms with Crippen molar-refractivity contribution in [3.8, 4) is 5.75 Å². The lowest BCUT2D eigenvalue weighted by molar-refractivity contribution is -0.141. The molecule has 4 nitrogen and oxygen atoms in total. The van der Waals surface area contributed by atoms with E-state index in [1.54, 1.807) is 18.9 Å². The van der Waals surface area contributed by atoms with Gasteiger partial charge in [0.05, 0.1) is 13.0 Å². The van der Waals surface area contributed by atoms with Gasteiger partial charge in [0, 0.05) is 17.5 Å². The average molecular weight is 281 g/mol. The summed E-state index contributed by atoms with van der Waals surface area (Å²) in [6, 6.07) is 4.23. The Morgan fingerprint density at radius 3 is 2.79 bits per heavy atom. The minimum Gasteiger partial charge on any atom is -0.496 e. The Bertz CT molecular complexity index is 490. The summed E-state index contributed by atoms with van der Waals surface area (Å²) in [5, 5.41) is 12.4. The Balaban J connectivity index is 2.31. The molecule has 1 aromatic carbocycles. The summed E-state index contributed by atoms with van der Waals surface area (Å²) in [5.74, 6) is -0.167. The third kappa shape index (κ3) is 2.87. The summed E-state index contributed by atoms with van der Waals surface area (Å²) >= 11 is 1.68. The molecule has 2 unspecified atom stereocenters. The number of thioether (sulfide) groups is 1. The number of hydrogen-bond donors (Lipinski definition) is 2. The first-order valence-electron chi connectivity index (χ1n) is 6.25. The number of carbonyl (C=O) groups is 1. The number of benzene rings is 1. The van der Waals surface area contributed by atoms with Crippen LogP contribution in [-0.2, 0) is 4.79 Å². The van der Waals surface area contributed by atoms with Gasteiger partial charge >= 0.3 is 5.97 Å². The Labute approximate surface area is 117 Å². The van der Waals surface area contributed by atoms with Crippen LogP contribution in [-0.4, -0.2) is 31.0 Å². The zero-order valence-electron chi connectivity index (χ0n) is 11.4. The lowest BCUT2D eigenvalue weighted by Crippen LogP contribution is -2.17. The first-order chi connectivity index (χ1) is 9.06. The fourth-order valence-electron chi connectivity index (χ4n) is 2.51. The van der Waals surface area contributed by atoms with Crippen molar-refractivity contribution in [3.63, 3.8) is 0 Å². The maximum Gasteiger partial charge on any atom is 0.307 e. The van der Waals surface area contributed by atoms with Crippen molar-refractivity contribution in [3.05, 3.63) is 23.3 Å². The number of methoxy groups -OCH3 is 1. The van der Waals surface area contributed by atoms with Crippen molar-refractivity contribution in [1.82, 2.24) is 5.32 Å². The van der Waals surface area contributed by atoms with Crippen molar-refractivity contribution in [2.24, 2.45) is 5.92 Å². The molecule has 0 aliphatic carbocycles. The molecule has 0 amide bonds. The van der Waals surface area contributed by atoms with Gasteiger partial charge in [0.25, 0.3) is 0 Å². The third-order valence-electron chi connectivity index (χ3n) is 3.60. The van der Waals surface area contributed by atoms with Gasteiger partial charge in [-0.15, -0.1) is 11.8 Å². The van der Waals surface area contributed by atoms with Gasteiger partial charge in [-0.2, -0.15) is 0 Å². The van der Waals surface area contributed by atoms with Gasteiger partial charge in [-0.25, -0.2) is 0 Å². The number of ether oxygens (including phenoxy) is 1. The zero-order chi connectivity index (χ0) is 14.0. The summed E-state index contributed by atoms with van der Waals surface area (Å²) in [4.78, 5) is 12.2. The average Bonchev–Trinajstić information content (AvgIpc) is 2.88. The molecule has 0 bridgehead atoms. The van der Waals surface area contributed by atoms with E-state index >= 15 is 0 Å². The van der Waals surface area contributed by atoms with Crippen molar-refractivity contribution in [2.45, 2.75) is 24.3 Å². The highest BCUT2D eigenvalue weighted by molar-refractivity contribution is 7.98. The fourth-order valence-corrected chi connectivity index (χ4v) is 3.24. The number of carboxylic acid groups (broad SMARTS) is 1. The number of nitrogens with one attached hydrogen (secondary N) is 1. The highest BCUT2D eigenvalue weighted by Gasteiger charge is 2.31. The molecule has 5 heteroatoms. The van der Waals surface area contributed by atoms with E-state index in [9.17, 15) is 4.79 Å². The Kier molecular flexibility index (Phi) is 4.37. The second kappa shape index (κ2) is 5.84. The molecule has 2 rings (SSSR count). The smallest absolute Gasteiger partial charge is 0.307 e. The standard InChI is InChI=1S/C14H19NO3S/c1-8-4-13(19-3)10(6-12(8)18-2)11-5-9(7-15-11)14(16)17/h4,6,9,11,15H,5,7H2,1-3H3,(H,16,17). The maximum absolute atomic E-state index is 11.0. The van der Waals surface area contributed by atoms with E-state index in [1.807, 2.05) is 19.2 Å². The van der Waals surface area contributed by atoms with Gasteiger partial charge in [0.1, 0.15) is 5.75 Å². The maximum atomic E-state index is 11.0. The van der Waals surface area contributed by atoms with Crippen LogP contribution < -0.4 is 10.1 Å². The van der Waals surface area contributed by atoms with Crippen molar-refractivity contribution >= 4 is 17.7 Å². The Hall–Kier alpha value is -1.20. The Morgan fingerprint density at radius 1 is 1.53 bits per heavy atom. The van der Waals surface area contributed by atoms with Crippen LogP contribution in [0.1, 0.15) is 23.6 Å². The topological polar surface area (TPSA) is 58.6 Å². The predicted octanol–water partition coefficient (Wildman–Crippen LogP) is 2.46. The van der Waals surface area contributed by atoms with Crippen molar-refractivity contribution in [2.75, 3.05) is 19.9 Å². The lowest BCUT2D eigenvalue weighted by atomic mass is 9.99. The van der Waals surface area contributed by atoms with Crippen LogP contribution in [0.5, 0.6) is 5.75 Å². The molecule has 2 N–H and O–H groups in total. The molecule has 0 aromatic heterocycles. The second-order valence-electron chi connectivity index (χ2n) is 4.80. The molecular weight excluding hydrogens is 262 g/mol. The Morgan fingerprint density at radius 2 is 2.26 bits per heavy atom. The summed E-state index contributed by atoms with van der Waals surface area (Å²) < 4.78 is 5.37. The molecule has 1 aromatic rings. The van der Waals surface area contributed by atoms with Crippen LogP contribution >= 0.6 is 11.8 Å². The largest absolute Gasteiger partial charge is 0.496 e. The van der Waals surface area contributed by atoms with Gasteiger partial charge in [-0.05, 0) is 42.9 Å². The molecule has 0 spiro atoms. The van der Waals surface area contributed by atoms with E-state index in [1.165, 1.54) is 4.90 Å². The number of hydrogen-bond acceptors (Lipinski definition) is 4. The number of carboxylic acids is 1. The predicted molar refractivity (Wildman–Crippen MR) is 76.0 cm³/mol. The van der Waals surface area contributed by atoms with Crippen LogP contribution in [0.3, 0.4) is 0 Å². The van der Waals surface area contributed by atoms with Crippen molar-refractivity contribution in [1.29, 1.82) is 0 Å². The lowest BCUT2D eigenvalue weighted by Gasteiger charge is -2.17. The molecule has 1 heterocycles. The fraction of sp³-hybridized carbons (Fsp3) is 0.500. The van der Waals surface area contributed by atoms with Crippen molar-refractivity contribution < 1.29 is 14.6 Å². The SMILES string of the molecule is COc1cc(C2CC(C(=O)O)CN2)c(SC)cc1C. The van der Waals surface area contributed by atoms with Gasteiger partial charge in [0.15, 0.2) is 0 Å². The molecular formula is C14H19NO3S. The van der Waals surface area contributed by atoms with E-state index in [0.717, 1.165) is 16.9 Å². The zero-order valence-corrected chi connectivity index (χ0v) is 12.2. The van der Waals surface area contributed by atoms with E-state index in [0.29, 0.717) is 13.0 Å². The van der Waals surface area contributed by atoms with E-state index < -0.39 is 5.97 Å². The van der Waals surface area contributed by atoms with Gasteiger partial charge in [0.2, 0.25) is 0 Å². The molecule has 1 aliphatic heterocycles. The van der Waals surface area contributed by atoms with E-state index in [4.69, 9.17) is 9.84 Å². The second-order valence-corrected chi connectivity index (χ2v) is 5.64.